The van der Waals surface area contributed by atoms with Crippen molar-refractivity contribution in [1.29, 1.82) is 0 Å². The number of alkyl halides is 1. The van der Waals surface area contributed by atoms with Gasteiger partial charge in [-0.3, -0.25) is 4.90 Å². The van der Waals surface area contributed by atoms with Crippen molar-refractivity contribution in [2.24, 2.45) is 0 Å². The number of aliphatic carboxylic acids is 1. The molecule has 1 saturated carbocycles. The molecule has 2 heterocycles. The minimum absolute atomic E-state index is 0.0781. The number of hydrogen-bond donors (Lipinski definition) is 2. The first-order valence-electron chi connectivity index (χ1n) is 9.99. The first-order valence-corrected chi connectivity index (χ1v) is 9.99. The molecule has 0 radical (unpaired) electrons. The van der Waals surface area contributed by atoms with Crippen molar-refractivity contribution in [2.75, 3.05) is 6.54 Å². The fourth-order valence-electron chi connectivity index (χ4n) is 4.40. The zero-order valence-corrected chi connectivity index (χ0v) is 16.2. The van der Waals surface area contributed by atoms with Crippen LogP contribution >= 0.6 is 0 Å². The Hall–Kier alpha value is -2.40. The number of benzene rings is 1. The molecule has 0 bridgehead atoms. The molecule has 1 aliphatic carbocycles. The highest BCUT2D eigenvalue weighted by Gasteiger charge is 2.47. The van der Waals surface area contributed by atoms with E-state index in [0.29, 0.717) is 25.8 Å². The summed E-state index contributed by atoms with van der Waals surface area (Å²) < 4.78 is 14.7. The first-order chi connectivity index (χ1) is 13.4. The van der Waals surface area contributed by atoms with Gasteiger partial charge in [-0.1, -0.05) is 36.4 Å². The molecule has 2 atom stereocenters. The minimum atomic E-state index is -1.05. The summed E-state index contributed by atoms with van der Waals surface area (Å²) >= 11 is 0. The number of carboxylic acid groups (broad SMARTS) is 1. The third-order valence-corrected chi connectivity index (χ3v) is 6.10. The zero-order chi connectivity index (χ0) is 19.9. The Morgan fingerprint density at radius 3 is 2.86 bits per heavy atom. The summed E-state index contributed by atoms with van der Waals surface area (Å²) in [6.45, 7) is 6.63. The Labute approximate surface area is 164 Å². The lowest BCUT2D eigenvalue weighted by Crippen LogP contribution is -2.45. The maximum atomic E-state index is 14.7. The SMILES string of the molecule is C=C(/C=C/C(=O)O)CCC1c2[nH]c3ccccc3c2CC(C)N1CC1(F)CC1. The Kier molecular flexibility index (Phi) is 4.88. The molecular formula is C23H27FN2O2. The highest BCUT2D eigenvalue weighted by Crippen LogP contribution is 2.46. The van der Waals surface area contributed by atoms with Gasteiger partial charge in [0, 0.05) is 35.3 Å². The molecule has 4 rings (SSSR count). The van der Waals surface area contributed by atoms with Crippen LogP contribution in [0.25, 0.3) is 10.9 Å². The average molecular weight is 382 g/mol. The van der Waals surface area contributed by atoms with Crippen LogP contribution in [0.4, 0.5) is 4.39 Å². The topological polar surface area (TPSA) is 56.3 Å². The quantitative estimate of drug-likeness (QED) is 0.527. The van der Waals surface area contributed by atoms with E-state index in [0.717, 1.165) is 30.0 Å². The van der Waals surface area contributed by atoms with Crippen molar-refractivity contribution in [3.05, 3.63) is 59.8 Å². The van der Waals surface area contributed by atoms with Crippen LogP contribution < -0.4 is 0 Å². The Bertz CT molecular complexity index is 941. The normalized spacial score (nSPS) is 23.8. The maximum Gasteiger partial charge on any atom is 0.328 e. The molecule has 2 unspecified atom stereocenters. The molecule has 5 heteroatoms. The van der Waals surface area contributed by atoms with Crippen molar-refractivity contribution in [3.63, 3.8) is 0 Å². The fourth-order valence-corrected chi connectivity index (χ4v) is 4.40. The van der Waals surface area contributed by atoms with E-state index in [1.807, 2.05) is 6.07 Å². The molecule has 1 aromatic heterocycles. The third kappa shape index (κ3) is 3.76. The second-order valence-electron chi connectivity index (χ2n) is 8.32. The van der Waals surface area contributed by atoms with Crippen LogP contribution in [0.1, 0.15) is 49.9 Å². The van der Waals surface area contributed by atoms with E-state index < -0.39 is 11.6 Å². The van der Waals surface area contributed by atoms with Crippen molar-refractivity contribution in [2.45, 2.75) is 56.8 Å². The summed E-state index contributed by atoms with van der Waals surface area (Å²) in [6.07, 6.45) is 6.34. The number of hydrogen-bond acceptors (Lipinski definition) is 2. The molecule has 1 fully saturated rings. The van der Waals surface area contributed by atoms with E-state index in [1.165, 1.54) is 16.6 Å². The van der Waals surface area contributed by atoms with Gasteiger partial charge < -0.3 is 10.1 Å². The number of carbonyl (C=O) groups is 1. The van der Waals surface area contributed by atoms with E-state index in [-0.39, 0.29) is 12.1 Å². The van der Waals surface area contributed by atoms with Crippen LogP contribution in [0.2, 0.25) is 0 Å². The van der Waals surface area contributed by atoms with Gasteiger partial charge in [-0.2, -0.15) is 0 Å². The monoisotopic (exact) mass is 382 g/mol. The average Bonchev–Trinajstić information content (AvgIpc) is 3.27. The number of fused-ring (bicyclic) bond motifs is 3. The van der Waals surface area contributed by atoms with Crippen molar-refractivity contribution in [1.82, 2.24) is 9.88 Å². The number of aromatic nitrogens is 1. The number of rotatable bonds is 7. The van der Waals surface area contributed by atoms with Crippen LogP contribution in [-0.4, -0.2) is 39.2 Å². The van der Waals surface area contributed by atoms with Crippen molar-refractivity contribution < 1.29 is 14.3 Å². The van der Waals surface area contributed by atoms with Gasteiger partial charge in [0.1, 0.15) is 5.67 Å². The molecule has 1 aliphatic heterocycles. The fraction of sp³-hybridized carbons (Fsp3) is 0.435. The number of nitrogens with one attached hydrogen (secondary N) is 1. The molecule has 0 amide bonds. The summed E-state index contributed by atoms with van der Waals surface area (Å²) in [5.41, 5.74) is 3.37. The highest BCUT2D eigenvalue weighted by atomic mass is 19.1. The molecule has 2 N–H and O–H groups in total. The van der Waals surface area contributed by atoms with Gasteiger partial charge in [-0.15, -0.1) is 0 Å². The zero-order valence-electron chi connectivity index (χ0n) is 16.2. The van der Waals surface area contributed by atoms with Crippen LogP contribution in [0.3, 0.4) is 0 Å². The van der Waals surface area contributed by atoms with Gasteiger partial charge in [0.05, 0.1) is 6.04 Å². The van der Waals surface area contributed by atoms with E-state index in [4.69, 9.17) is 5.11 Å². The van der Waals surface area contributed by atoms with E-state index in [9.17, 15) is 9.18 Å². The number of aromatic amines is 1. The maximum absolute atomic E-state index is 14.7. The van der Waals surface area contributed by atoms with Gasteiger partial charge in [0.25, 0.3) is 0 Å². The molecule has 0 spiro atoms. The molecular weight excluding hydrogens is 355 g/mol. The predicted molar refractivity (Wildman–Crippen MR) is 109 cm³/mol. The van der Waals surface area contributed by atoms with E-state index >= 15 is 0 Å². The lowest BCUT2D eigenvalue weighted by molar-refractivity contribution is -0.131. The summed E-state index contributed by atoms with van der Waals surface area (Å²) in [4.78, 5) is 16.6. The van der Waals surface area contributed by atoms with E-state index in [1.54, 1.807) is 6.08 Å². The highest BCUT2D eigenvalue weighted by molar-refractivity contribution is 5.85. The number of carboxylic acids is 1. The van der Waals surface area contributed by atoms with Gasteiger partial charge in [0.2, 0.25) is 0 Å². The molecule has 148 valence electrons. The van der Waals surface area contributed by atoms with Crippen LogP contribution in [0.15, 0.2) is 48.6 Å². The molecule has 1 aromatic carbocycles. The molecule has 28 heavy (non-hydrogen) atoms. The number of allylic oxidation sites excluding steroid dienone is 2. The van der Waals surface area contributed by atoms with Crippen molar-refractivity contribution >= 4 is 16.9 Å². The number of para-hydroxylation sites is 1. The van der Waals surface area contributed by atoms with Gasteiger partial charge in [0.15, 0.2) is 0 Å². The van der Waals surface area contributed by atoms with Crippen LogP contribution in [0, 0.1) is 0 Å². The standard InChI is InChI=1S/C23H27FN2O2/c1-15(8-10-21(27)28)7-9-20-22-18(17-5-3-4-6-19(17)25-22)13-16(2)26(20)14-23(24)11-12-23/h3-6,8,10,16,20,25H,1,7,9,11-14H2,2H3,(H,27,28)/b10-8+. The second kappa shape index (κ2) is 7.21. The summed E-state index contributed by atoms with van der Waals surface area (Å²) in [6, 6.07) is 8.66. The lowest BCUT2D eigenvalue weighted by Gasteiger charge is -2.41. The van der Waals surface area contributed by atoms with Gasteiger partial charge >= 0.3 is 5.97 Å². The lowest BCUT2D eigenvalue weighted by atomic mass is 9.89. The Morgan fingerprint density at radius 2 is 2.14 bits per heavy atom. The Balaban J connectivity index is 1.64. The molecule has 2 aromatic rings. The van der Waals surface area contributed by atoms with E-state index in [2.05, 4.69) is 41.6 Å². The van der Waals surface area contributed by atoms with Crippen molar-refractivity contribution in [3.8, 4) is 0 Å². The number of H-pyrrole nitrogens is 1. The first kappa shape index (κ1) is 18.9. The second-order valence-corrected chi connectivity index (χ2v) is 8.32. The summed E-state index contributed by atoms with van der Waals surface area (Å²) in [5, 5.41) is 10.1. The Morgan fingerprint density at radius 1 is 1.39 bits per heavy atom. The van der Waals surface area contributed by atoms with Crippen LogP contribution in [-0.2, 0) is 11.2 Å². The summed E-state index contributed by atoms with van der Waals surface area (Å²) in [5.74, 6) is -0.972. The predicted octanol–water partition coefficient (Wildman–Crippen LogP) is 4.93. The molecule has 4 nitrogen and oxygen atoms in total. The van der Waals surface area contributed by atoms with Gasteiger partial charge in [-0.25, -0.2) is 9.18 Å². The largest absolute Gasteiger partial charge is 0.478 e. The van der Waals surface area contributed by atoms with Gasteiger partial charge in [-0.05, 0) is 50.7 Å². The number of halogens is 1. The third-order valence-electron chi connectivity index (χ3n) is 6.10. The number of nitrogens with zero attached hydrogens (tertiary/aromatic N) is 1. The smallest absolute Gasteiger partial charge is 0.328 e. The molecule has 2 aliphatic rings. The minimum Gasteiger partial charge on any atom is -0.478 e. The van der Waals surface area contributed by atoms with Crippen LogP contribution in [0.5, 0.6) is 0 Å². The molecule has 0 saturated heterocycles. The summed E-state index contributed by atoms with van der Waals surface area (Å²) in [7, 11) is 0.